The Labute approximate surface area is 168 Å². The Morgan fingerprint density at radius 1 is 1.18 bits per heavy atom. The highest BCUT2D eigenvalue weighted by molar-refractivity contribution is 6.31. The summed E-state index contributed by atoms with van der Waals surface area (Å²) in [5.74, 6) is 0.142. The van der Waals surface area contributed by atoms with E-state index in [0.717, 1.165) is 44.3 Å². The molecule has 1 aromatic heterocycles. The van der Waals surface area contributed by atoms with Gasteiger partial charge in [-0.1, -0.05) is 23.7 Å². The first-order chi connectivity index (χ1) is 13.5. The van der Waals surface area contributed by atoms with Crippen LogP contribution >= 0.6 is 11.6 Å². The zero-order valence-corrected chi connectivity index (χ0v) is 16.5. The Morgan fingerprint density at radius 2 is 1.86 bits per heavy atom. The molecule has 7 heteroatoms. The second-order valence-corrected chi connectivity index (χ2v) is 7.76. The quantitative estimate of drug-likeness (QED) is 0.778. The Morgan fingerprint density at radius 3 is 2.46 bits per heavy atom. The van der Waals surface area contributed by atoms with Crippen LogP contribution in [0.5, 0.6) is 0 Å². The molecule has 1 aromatic carbocycles. The van der Waals surface area contributed by atoms with Gasteiger partial charge in [0.25, 0.3) is 5.91 Å². The van der Waals surface area contributed by atoms with E-state index in [2.05, 4.69) is 15.2 Å². The molecule has 0 unspecified atom stereocenters. The number of anilines is 1. The van der Waals surface area contributed by atoms with Crippen LogP contribution in [-0.2, 0) is 10.3 Å². The molecular formula is C21H22ClN3O3. The number of nitrogens with one attached hydrogen (secondary N) is 1. The molecule has 2 aromatic rings. The molecule has 0 spiro atoms. The second kappa shape index (κ2) is 7.43. The standard InChI is InChI=1S/C21H22ClN3O3/c1-28-20(27)14-4-6-15(7-5-14)21(8-9-21)24-19(26)17-12-16(22)13-23-18(17)25-10-2-3-11-25/h4-7,12-13H,2-3,8-11H2,1H3,(H,24,26). The third-order valence-electron chi connectivity index (χ3n) is 5.44. The zero-order valence-electron chi connectivity index (χ0n) is 15.7. The van der Waals surface area contributed by atoms with Crippen LogP contribution in [0.25, 0.3) is 0 Å². The number of amides is 1. The average Bonchev–Trinajstić information content (AvgIpc) is 3.28. The predicted octanol–water partition coefficient (Wildman–Crippen LogP) is 3.54. The van der Waals surface area contributed by atoms with Gasteiger partial charge < -0.3 is 15.0 Å². The number of ether oxygens (including phenoxy) is 1. The molecule has 28 heavy (non-hydrogen) atoms. The highest BCUT2D eigenvalue weighted by atomic mass is 35.5. The van der Waals surface area contributed by atoms with Gasteiger partial charge in [0.1, 0.15) is 5.82 Å². The summed E-state index contributed by atoms with van der Waals surface area (Å²) in [7, 11) is 1.36. The van der Waals surface area contributed by atoms with Crippen molar-refractivity contribution in [1.29, 1.82) is 0 Å². The molecule has 0 radical (unpaired) electrons. The molecule has 1 aliphatic heterocycles. The molecule has 146 valence electrons. The summed E-state index contributed by atoms with van der Waals surface area (Å²) < 4.78 is 4.74. The maximum Gasteiger partial charge on any atom is 0.337 e. The monoisotopic (exact) mass is 399 g/mol. The number of aromatic nitrogens is 1. The van der Waals surface area contributed by atoms with Gasteiger partial charge in [0.2, 0.25) is 0 Å². The highest BCUT2D eigenvalue weighted by Crippen LogP contribution is 2.46. The molecular weight excluding hydrogens is 378 g/mol. The lowest BCUT2D eigenvalue weighted by atomic mass is 10.0. The minimum absolute atomic E-state index is 0.175. The maximum atomic E-state index is 13.1. The third-order valence-corrected chi connectivity index (χ3v) is 5.65. The van der Waals surface area contributed by atoms with E-state index in [-0.39, 0.29) is 11.9 Å². The number of carbonyl (C=O) groups is 2. The lowest BCUT2D eigenvalue weighted by Crippen LogP contribution is -2.36. The van der Waals surface area contributed by atoms with Gasteiger partial charge in [0.05, 0.1) is 28.8 Å². The first kappa shape index (κ1) is 18.7. The highest BCUT2D eigenvalue weighted by Gasteiger charge is 2.46. The lowest BCUT2D eigenvalue weighted by molar-refractivity contribution is 0.0600. The third kappa shape index (κ3) is 3.56. The van der Waals surface area contributed by atoms with Crippen molar-refractivity contribution in [2.75, 3.05) is 25.1 Å². The summed E-state index contributed by atoms with van der Waals surface area (Å²) in [5, 5.41) is 3.62. The number of benzene rings is 1. The van der Waals surface area contributed by atoms with Crippen molar-refractivity contribution in [3.05, 3.63) is 58.2 Å². The number of nitrogens with zero attached hydrogens (tertiary/aromatic N) is 2. The Hall–Kier alpha value is -2.60. The van der Waals surface area contributed by atoms with Crippen LogP contribution in [0, 0.1) is 0 Å². The minimum Gasteiger partial charge on any atom is -0.465 e. The van der Waals surface area contributed by atoms with Gasteiger partial charge in [-0.05, 0) is 49.4 Å². The molecule has 2 fully saturated rings. The Kier molecular flexibility index (Phi) is 4.98. The number of methoxy groups -OCH3 is 1. The van der Waals surface area contributed by atoms with E-state index in [1.54, 1.807) is 24.4 Å². The van der Waals surface area contributed by atoms with Gasteiger partial charge in [-0.15, -0.1) is 0 Å². The largest absolute Gasteiger partial charge is 0.465 e. The summed E-state index contributed by atoms with van der Waals surface area (Å²) in [5.41, 5.74) is 1.57. The molecule has 0 atom stereocenters. The Bertz CT molecular complexity index is 904. The van der Waals surface area contributed by atoms with Crippen molar-refractivity contribution in [2.45, 2.75) is 31.2 Å². The predicted molar refractivity (Wildman–Crippen MR) is 107 cm³/mol. The van der Waals surface area contributed by atoms with E-state index in [1.807, 2.05) is 12.1 Å². The van der Waals surface area contributed by atoms with Crippen molar-refractivity contribution >= 4 is 29.3 Å². The van der Waals surface area contributed by atoms with E-state index in [4.69, 9.17) is 16.3 Å². The van der Waals surface area contributed by atoms with E-state index >= 15 is 0 Å². The SMILES string of the molecule is COC(=O)c1ccc(C2(NC(=O)c3cc(Cl)cnc3N3CCCC3)CC2)cc1. The summed E-state index contributed by atoms with van der Waals surface area (Å²) >= 11 is 6.13. The maximum absolute atomic E-state index is 13.1. The molecule has 1 N–H and O–H groups in total. The van der Waals surface area contributed by atoms with Crippen LogP contribution in [-0.4, -0.2) is 37.1 Å². The van der Waals surface area contributed by atoms with Crippen molar-refractivity contribution in [1.82, 2.24) is 10.3 Å². The van der Waals surface area contributed by atoms with Crippen molar-refractivity contribution in [3.8, 4) is 0 Å². The first-order valence-corrected chi connectivity index (χ1v) is 9.82. The fraction of sp³-hybridized carbons (Fsp3) is 0.381. The number of hydrogen-bond donors (Lipinski definition) is 1. The number of rotatable bonds is 5. The number of halogens is 1. The van der Waals surface area contributed by atoms with Crippen LogP contribution in [0.2, 0.25) is 5.02 Å². The van der Waals surface area contributed by atoms with Crippen molar-refractivity contribution < 1.29 is 14.3 Å². The summed E-state index contributed by atoms with van der Waals surface area (Å²) in [6.07, 6.45) is 5.49. The van der Waals surface area contributed by atoms with Crippen LogP contribution in [0.3, 0.4) is 0 Å². The molecule has 1 saturated heterocycles. The molecule has 1 amide bonds. The first-order valence-electron chi connectivity index (χ1n) is 9.44. The lowest BCUT2D eigenvalue weighted by Gasteiger charge is -2.22. The summed E-state index contributed by atoms with van der Waals surface area (Å²) in [4.78, 5) is 31.3. The topological polar surface area (TPSA) is 71.5 Å². The van der Waals surface area contributed by atoms with Crippen molar-refractivity contribution in [2.24, 2.45) is 0 Å². The normalized spacial score (nSPS) is 17.3. The van der Waals surface area contributed by atoms with E-state index in [1.165, 1.54) is 7.11 Å². The van der Waals surface area contributed by atoms with Gasteiger partial charge in [-0.2, -0.15) is 0 Å². The minimum atomic E-state index is -0.406. The smallest absolute Gasteiger partial charge is 0.337 e. The van der Waals surface area contributed by atoms with E-state index < -0.39 is 5.54 Å². The van der Waals surface area contributed by atoms with Crippen LogP contribution in [0.15, 0.2) is 36.5 Å². The zero-order chi connectivity index (χ0) is 19.7. The second-order valence-electron chi connectivity index (χ2n) is 7.32. The fourth-order valence-corrected chi connectivity index (χ4v) is 3.88. The van der Waals surface area contributed by atoms with Crippen LogP contribution < -0.4 is 10.2 Å². The van der Waals surface area contributed by atoms with Gasteiger partial charge in [-0.25, -0.2) is 9.78 Å². The summed E-state index contributed by atoms with van der Waals surface area (Å²) in [6, 6.07) is 8.89. The number of hydrogen-bond acceptors (Lipinski definition) is 5. The fourth-order valence-electron chi connectivity index (χ4n) is 3.72. The molecule has 2 aliphatic rings. The molecule has 2 heterocycles. The number of pyridine rings is 1. The molecule has 4 rings (SSSR count). The van der Waals surface area contributed by atoms with Crippen LogP contribution in [0.4, 0.5) is 5.82 Å². The van der Waals surface area contributed by atoms with Gasteiger partial charge in [0, 0.05) is 19.3 Å². The van der Waals surface area contributed by atoms with Gasteiger partial charge in [-0.3, -0.25) is 4.79 Å². The van der Waals surface area contributed by atoms with Crippen LogP contribution in [0.1, 0.15) is 52.0 Å². The Balaban J connectivity index is 1.57. The van der Waals surface area contributed by atoms with Gasteiger partial charge >= 0.3 is 5.97 Å². The van der Waals surface area contributed by atoms with Crippen molar-refractivity contribution in [3.63, 3.8) is 0 Å². The molecule has 1 aliphatic carbocycles. The average molecular weight is 400 g/mol. The van der Waals surface area contributed by atoms with E-state index in [9.17, 15) is 9.59 Å². The molecule has 0 bridgehead atoms. The molecule has 6 nitrogen and oxygen atoms in total. The van der Waals surface area contributed by atoms with Gasteiger partial charge in [0.15, 0.2) is 0 Å². The molecule has 1 saturated carbocycles. The van der Waals surface area contributed by atoms with E-state index in [0.29, 0.717) is 22.0 Å². The summed E-state index contributed by atoms with van der Waals surface area (Å²) in [6.45, 7) is 1.80. The number of esters is 1. The number of carbonyl (C=O) groups excluding carboxylic acids is 2.